The van der Waals surface area contributed by atoms with Gasteiger partial charge in [-0.3, -0.25) is 9.78 Å². The molecular weight excluding hydrogens is 435 g/mol. The van der Waals surface area contributed by atoms with Crippen LogP contribution in [0.15, 0.2) is 53.0 Å². The van der Waals surface area contributed by atoms with Crippen LogP contribution in [0, 0.1) is 0 Å². The first-order chi connectivity index (χ1) is 14.5. The number of halogens is 3. The molecule has 7 nitrogen and oxygen atoms in total. The Kier molecular flexibility index (Phi) is 6.68. The number of pyridine rings is 1. The van der Waals surface area contributed by atoms with E-state index in [2.05, 4.69) is 9.35 Å². The highest BCUT2D eigenvalue weighted by atomic mass is 32.2. The molecule has 1 aliphatic rings. The Morgan fingerprint density at radius 3 is 2.48 bits per heavy atom. The largest absolute Gasteiger partial charge is 0.487 e. The predicted octanol–water partition coefficient (Wildman–Crippen LogP) is 2.53. The minimum atomic E-state index is -5.09. The zero-order chi connectivity index (χ0) is 22.7. The topological polar surface area (TPSA) is 115 Å². The minimum Gasteiger partial charge on any atom is -0.487 e. The Morgan fingerprint density at radius 2 is 1.90 bits per heavy atom. The van der Waals surface area contributed by atoms with Crippen LogP contribution < -0.4 is 10.5 Å². The number of amides is 1. The van der Waals surface area contributed by atoms with Crippen LogP contribution in [0.4, 0.5) is 13.2 Å². The van der Waals surface area contributed by atoms with Crippen LogP contribution in [0.5, 0.6) is 5.75 Å². The number of nitrogens with zero attached hydrogens (tertiary/aromatic N) is 2. The zero-order valence-corrected chi connectivity index (χ0v) is 17.2. The van der Waals surface area contributed by atoms with Crippen molar-refractivity contribution in [3.05, 3.63) is 59.9 Å². The normalized spacial score (nSPS) is 23.6. The number of carbonyl (C=O) groups excluding carboxylic acids is 1. The third-order valence-electron chi connectivity index (χ3n) is 4.98. The molecule has 1 aliphatic heterocycles. The molecule has 11 heteroatoms. The van der Waals surface area contributed by atoms with E-state index in [0.717, 1.165) is 17.8 Å². The molecule has 0 fully saturated rings. The number of aliphatic hydroxyl groups is 1. The lowest BCUT2D eigenvalue weighted by Gasteiger charge is -2.31. The molecule has 0 spiro atoms. The van der Waals surface area contributed by atoms with Gasteiger partial charge in [-0.25, -0.2) is 4.21 Å². The SMILES string of the molecule is N[C@H]1CCS(=O)(CCC(O)(c2ccc(OCc3ccccc3)cn2)C(F)(F)F)=NC1=O. The van der Waals surface area contributed by atoms with Gasteiger partial charge in [0.1, 0.15) is 12.4 Å². The van der Waals surface area contributed by atoms with Crippen molar-refractivity contribution in [2.24, 2.45) is 10.1 Å². The Balaban J connectivity index is 1.76. The van der Waals surface area contributed by atoms with Crippen LogP contribution in [-0.4, -0.2) is 43.9 Å². The van der Waals surface area contributed by atoms with Crippen molar-refractivity contribution in [3.8, 4) is 5.75 Å². The minimum absolute atomic E-state index is 0.0668. The molecular formula is C20H22F3N3O4S. The number of rotatable bonds is 7. The fourth-order valence-electron chi connectivity index (χ4n) is 3.03. The van der Waals surface area contributed by atoms with Gasteiger partial charge in [0.15, 0.2) is 0 Å². The number of hydrogen-bond acceptors (Lipinski definition) is 6. The molecule has 1 aromatic heterocycles. The maximum atomic E-state index is 13.7. The lowest BCUT2D eigenvalue weighted by molar-refractivity contribution is -0.268. The van der Waals surface area contributed by atoms with Crippen molar-refractivity contribution < 1.29 is 32.0 Å². The van der Waals surface area contributed by atoms with Crippen LogP contribution in [0.1, 0.15) is 24.1 Å². The third kappa shape index (κ3) is 5.41. The average Bonchev–Trinajstić information content (AvgIpc) is 2.74. The molecule has 31 heavy (non-hydrogen) atoms. The van der Waals surface area contributed by atoms with E-state index in [9.17, 15) is 27.3 Å². The van der Waals surface area contributed by atoms with E-state index >= 15 is 0 Å². The van der Waals surface area contributed by atoms with E-state index < -0.39 is 51.3 Å². The highest BCUT2D eigenvalue weighted by Crippen LogP contribution is 2.41. The summed E-state index contributed by atoms with van der Waals surface area (Å²) in [6.45, 7) is 0.200. The third-order valence-corrected chi connectivity index (χ3v) is 7.21. The van der Waals surface area contributed by atoms with Gasteiger partial charge in [-0.1, -0.05) is 30.3 Å². The Hall–Kier alpha value is -2.50. The second kappa shape index (κ2) is 8.93. The summed E-state index contributed by atoms with van der Waals surface area (Å²) in [5.74, 6) is -1.29. The summed E-state index contributed by atoms with van der Waals surface area (Å²) in [4.78, 5) is 15.4. The van der Waals surface area contributed by atoms with Gasteiger partial charge in [0, 0.05) is 17.9 Å². The van der Waals surface area contributed by atoms with E-state index in [1.165, 1.54) is 6.07 Å². The molecule has 1 amide bonds. The molecule has 168 valence electrons. The van der Waals surface area contributed by atoms with Crippen molar-refractivity contribution in [2.75, 3.05) is 11.5 Å². The maximum absolute atomic E-state index is 13.7. The van der Waals surface area contributed by atoms with E-state index in [1.54, 1.807) is 0 Å². The van der Waals surface area contributed by atoms with Crippen molar-refractivity contribution >= 4 is 15.6 Å². The van der Waals surface area contributed by atoms with Gasteiger partial charge in [-0.15, -0.1) is 0 Å². The number of ether oxygens (including phenoxy) is 1. The molecule has 0 radical (unpaired) electrons. The Labute approximate surface area is 177 Å². The number of hydrogen-bond donors (Lipinski definition) is 2. The van der Waals surface area contributed by atoms with Crippen molar-refractivity contribution in [2.45, 2.75) is 37.3 Å². The predicted molar refractivity (Wildman–Crippen MR) is 107 cm³/mol. The molecule has 3 rings (SSSR count). The van der Waals surface area contributed by atoms with Crippen LogP contribution >= 0.6 is 0 Å². The summed E-state index contributed by atoms with van der Waals surface area (Å²) in [5.41, 5.74) is 2.35. The van der Waals surface area contributed by atoms with Crippen LogP contribution in [0.25, 0.3) is 0 Å². The molecule has 0 bridgehead atoms. The average molecular weight is 457 g/mol. The number of carbonyl (C=O) groups is 1. The smallest absolute Gasteiger partial charge is 0.423 e. The lowest BCUT2D eigenvalue weighted by Crippen LogP contribution is -2.45. The van der Waals surface area contributed by atoms with Gasteiger partial charge >= 0.3 is 6.18 Å². The fraction of sp³-hybridized carbons (Fsp3) is 0.400. The first-order valence-corrected chi connectivity index (χ1v) is 11.3. The molecule has 0 aliphatic carbocycles. The molecule has 3 atom stereocenters. The highest BCUT2D eigenvalue weighted by molar-refractivity contribution is 7.93. The summed E-state index contributed by atoms with van der Waals surface area (Å²) in [5, 5.41) is 10.5. The Bertz CT molecular complexity index is 1040. The molecule has 2 aromatic rings. The summed E-state index contributed by atoms with van der Waals surface area (Å²) < 4.78 is 62.9. The standard InChI is InChI=1S/C20H22F3N3O4S/c21-20(22,23)19(28,9-11-31(29)10-8-16(24)18(27)26-31)17-7-6-15(12-25-17)30-13-14-4-2-1-3-5-14/h1-7,12,16,28H,8-11,13,24H2/t16-,19?,31?/m0/s1. The summed E-state index contributed by atoms with van der Waals surface area (Å²) in [6.07, 6.45) is -4.89. The Morgan fingerprint density at radius 1 is 1.19 bits per heavy atom. The van der Waals surface area contributed by atoms with Gasteiger partial charge in [0.2, 0.25) is 5.60 Å². The van der Waals surface area contributed by atoms with Gasteiger partial charge in [0.25, 0.3) is 5.91 Å². The van der Waals surface area contributed by atoms with E-state index in [-0.39, 0.29) is 24.5 Å². The first-order valence-electron chi connectivity index (χ1n) is 9.47. The van der Waals surface area contributed by atoms with Crippen LogP contribution in [0.3, 0.4) is 0 Å². The van der Waals surface area contributed by atoms with Gasteiger partial charge in [-0.05, 0) is 24.1 Å². The molecule has 0 saturated heterocycles. The summed E-state index contributed by atoms with van der Waals surface area (Å²) in [7, 11) is -3.24. The van der Waals surface area contributed by atoms with Crippen LogP contribution in [-0.2, 0) is 26.7 Å². The number of nitrogens with two attached hydrogens (primary N) is 1. The van der Waals surface area contributed by atoms with Crippen molar-refractivity contribution in [3.63, 3.8) is 0 Å². The molecule has 2 heterocycles. The monoisotopic (exact) mass is 457 g/mol. The van der Waals surface area contributed by atoms with E-state index in [1.807, 2.05) is 30.3 Å². The number of benzene rings is 1. The molecule has 1 aromatic carbocycles. The zero-order valence-electron chi connectivity index (χ0n) is 16.4. The fourth-order valence-corrected chi connectivity index (χ4v) is 5.12. The quantitative estimate of drug-likeness (QED) is 0.660. The molecule has 2 unspecified atom stereocenters. The highest BCUT2D eigenvalue weighted by Gasteiger charge is 2.56. The maximum Gasteiger partial charge on any atom is 0.423 e. The summed E-state index contributed by atoms with van der Waals surface area (Å²) >= 11 is 0. The molecule has 3 N–H and O–H groups in total. The summed E-state index contributed by atoms with van der Waals surface area (Å²) in [6, 6.07) is 10.5. The number of alkyl halides is 3. The second-order valence-electron chi connectivity index (χ2n) is 7.27. The first kappa shape index (κ1) is 23.2. The molecule has 0 saturated carbocycles. The van der Waals surface area contributed by atoms with Crippen LogP contribution in [0.2, 0.25) is 0 Å². The second-order valence-corrected chi connectivity index (χ2v) is 9.81. The lowest BCUT2D eigenvalue weighted by atomic mass is 9.95. The van der Waals surface area contributed by atoms with Gasteiger partial charge in [0.05, 0.1) is 27.7 Å². The van der Waals surface area contributed by atoms with Gasteiger partial charge in [-0.2, -0.15) is 17.5 Å². The van der Waals surface area contributed by atoms with Crippen molar-refractivity contribution in [1.29, 1.82) is 0 Å². The van der Waals surface area contributed by atoms with E-state index in [4.69, 9.17) is 10.5 Å². The van der Waals surface area contributed by atoms with Crippen molar-refractivity contribution in [1.82, 2.24) is 4.98 Å². The van der Waals surface area contributed by atoms with E-state index in [0.29, 0.717) is 0 Å². The number of aromatic nitrogens is 1. The van der Waals surface area contributed by atoms with Gasteiger partial charge < -0.3 is 15.6 Å².